The lowest BCUT2D eigenvalue weighted by Crippen LogP contribution is -2.44. The van der Waals surface area contributed by atoms with Crippen molar-refractivity contribution in [3.8, 4) is 17.5 Å². The minimum Gasteiger partial charge on any atom is -0.497 e. The van der Waals surface area contributed by atoms with Gasteiger partial charge in [-0.1, -0.05) is 0 Å². The second-order valence-electron chi connectivity index (χ2n) is 5.88. The minimum atomic E-state index is -0.141. The Hall–Kier alpha value is -2.35. The van der Waals surface area contributed by atoms with Gasteiger partial charge in [-0.15, -0.1) is 0 Å². The Kier molecular flexibility index (Phi) is 5.92. The molecular weight excluding hydrogens is 402 g/mol. The first-order valence-corrected chi connectivity index (χ1v) is 9.05. The van der Waals surface area contributed by atoms with Crippen LogP contribution in [0.3, 0.4) is 0 Å². The minimum absolute atomic E-state index is 0.0884. The summed E-state index contributed by atoms with van der Waals surface area (Å²) in [5.41, 5.74) is 0.508. The van der Waals surface area contributed by atoms with Gasteiger partial charge < -0.3 is 19.1 Å². The summed E-state index contributed by atoms with van der Waals surface area (Å²) < 4.78 is 17.2. The summed E-state index contributed by atoms with van der Waals surface area (Å²) in [6, 6.07) is 5.50. The summed E-state index contributed by atoms with van der Waals surface area (Å²) in [6.07, 6.45) is 4.83. The lowest BCUT2D eigenvalue weighted by atomic mass is 10.1. The van der Waals surface area contributed by atoms with Crippen LogP contribution in [0.25, 0.3) is 0 Å². The number of hydrogen-bond donors (Lipinski definition) is 0. The van der Waals surface area contributed by atoms with Crippen LogP contribution in [-0.4, -0.2) is 54.2 Å². The summed E-state index contributed by atoms with van der Waals surface area (Å²) in [6.45, 7) is 1.16. The number of ether oxygens (including phenoxy) is 3. The number of carbonyl (C=O) groups is 1. The van der Waals surface area contributed by atoms with Crippen LogP contribution in [-0.2, 0) is 0 Å². The van der Waals surface area contributed by atoms with Crippen molar-refractivity contribution < 1.29 is 19.0 Å². The van der Waals surface area contributed by atoms with E-state index in [9.17, 15) is 4.79 Å². The molecule has 2 aromatic rings. The first kappa shape index (κ1) is 18.4. The van der Waals surface area contributed by atoms with Gasteiger partial charge in [0.2, 0.25) is 0 Å². The molecule has 1 aromatic carbocycles. The highest BCUT2D eigenvalue weighted by molar-refractivity contribution is 9.10. The maximum Gasteiger partial charge on any atom is 0.316 e. The molecule has 1 aromatic heterocycles. The van der Waals surface area contributed by atoms with Crippen molar-refractivity contribution in [2.45, 2.75) is 18.9 Å². The second kappa shape index (κ2) is 8.35. The van der Waals surface area contributed by atoms with Gasteiger partial charge in [-0.3, -0.25) is 4.79 Å². The Morgan fingerprint density at radius 1 is 1.23 bits per heavy atom. The fraction of sp³-hybridized carbons (Fsp3) is 0.389. The second-order valence-corrected chi connectivity index (χ2v) is 6.80. The van der Waals surface area contributed by atoms with Crippen LogP contribution in [0.4, 0.5) is 0 Å². The normalized spacial score (nSPS) is 16.9. The monoisotopic (exact) mass is 421 g/mol. The Labute approximate surface area is 160 Å². The molecule has 0 N–H and O–H groups in total. The van der Waals surface area contributed by atoms with Crippen molar-refractivity contribution in [1.29, 1.82) is 0 Å². The van der Waals surface area contributed by atoms with Crippen molar-refractivity contribution in [2.24, 2.45) is 0 Å². The number of piperidine rings is 1. The average Bonchev–Trinajstić information content (AvgIpc) is 2.69. The molecule has 3 rings (SSSR count). The molecule has 1 unspecified atom stereocenters. The molecule has 1 saturated heterocycles. The van der Waals surface area contributed by atoms with Gasteiger partial charge in [-0.25, -0.2) is 9.97 Å². The van der Waals surface area contributed by atoms with Gasteiger partial charge in [0, 0.05) is 25.0 Å². The number of rotatable bonds is 5. The number of nitrogens with zero attached hydrogens (tertiary/aromatic N) is 3. The summed E-state index contributed by atoms with van der Waals surface area (Å²) in [4.78, 5) is 23.0. The van der Waals surface area contributed by atoms with Gasteiger partial charge in [-0.2, -0.15) is 0 Å². The molecule has 1 aliphatic rings. The molecule has 0 radical (unpaired) electrons. The van der Waals surface area contributed by atoms with E-state index in [4.69, 9.17) is 14.2 Å². The van der Waals surface area contributed by atoms with Crippen LogP contribution < -0.4 is 14.2 Å². The number of carbonyl (C=O) groups excluding carboxylic acids is 1. The maximum atomic E-state index is 12.9. The quantitative estimate of drug-likeness (QED) is 0.738. The number of amides is 1. The van der Waals surface area contributed by atoms with E-state index in [1.54, 1.807) is 49.7 Å². The van der Waals surface area contributed by atoms with Gasteiger partial charge in [0.05, 0.1) is 30.8 Å². The first-order chi connectivity index (χ1) is 12.6. The largest absolute Gasteiger partial charge is 0.497 e. The maximum absolute atomic E-state index is 12.9. The molecule has 0 bridgehead atoms. The number of halogens is 1. The summed E-state index contributed by atoms with van der Waals surface area (Å²) >= 11 is 3.29. The molecule has 8 heteroatoms. The highest BCUT2D eigenvalue weighted by Crippen LogP contribution is 2.27. The summed E-state index contributed by atoms with van der Waals surface area (Å²) in [5.74, 6) is 1.05. The predicted octanol–water partition coefficient (Wildman–Crippen LogP) is 2.94. The topological polar surface area (TPSA) is 73.8 Å². The molecule has 1 atom stereocenters. The Morgan fingerprint density at radius 2 is 2.00 bits per heavy atom. The highest BCUT2D eigenvalue weighted by atomic mass is 79.9. The van der Waals surface area contributed by atoms with Crippen LogP contribution in [0.1, 0.15) is 23.2 Å². The number of methoxy groups -OCH3 is 2. The van der Waals surface area contributed by atoms with Crippen molar-refractivity contribution in [1.82, 2.24) is 14.9 Å². The zero-order chi connectivity index (χ0) is 18.5. The standard InChI is InChI=1S/C18H20BrN3O4/c1-24-13-5-6-15(16(8-13)25-2)17(23)22-7-3-4-14(11-22)26-18-20-9-12(19)10-21-18/h5-6,8-10,14H,3-4,7,11H2,1-2H3. The molecule has 2 heterocycles. The average molecular weight is 422 g/mol. The van der Waals surface area contributed by atoms with E-state index in [0.717, 1.165) is 17.3 Å². The van der Waals surface area contributed by atoms with Crippen LogP contribution in [0.5, 0.6) is 17.5 Å². The van der Waals surface area contributed by atoms with Crippen molar-refractivity contribution in [3.63, 3.8) is 0 Å². The van der Waals surface area contributed by atoms with Crippen LogP contribution in [0.2, 0.25) is 0 Å². The Bertz CT molecular complexity index is 770. The molecule has 7 nitrogen and oxygen atoms in total. The molecule has 1 amide bonds. The molecule has 0 spiro atoms. The molecule has 1 aliphatic heterocycles. The van der Waals surface area contributed by atoms with Gasteiger partial charge in [0.15, 0.2) is 0 Å². The lowest BCUT2D eigenvalue weighted by molar-refractivity contribution is 0.0513. The first-order valence-electron chi connectivity index (χ1n) is 8.26. The lowest BCUT2D eigenvalue weighted by Gasteiger charge is -2.32. The van der Waals surface area contributed by atoms with Crippen molar-refractivity contribution >= 4 is 21.8 Å². The van der Waals surface area contributed by atoms with E-state index in [-0.39, 0.29) is 12.0 Å². The van der Waals surface area contributed by atoms with E-state index >= 15 is 0 Å². The van der Waals surface area contributed by atoms with Gasteiger partial charge in [0.1, 0.15) is 17.6 Å². The number of aromatic nitrogens is 2. The molecule has 26 heavy (non-hydrogen) atoms. The fourth-order valence-electron chi connectivity index (χ4n) is 2.87. The molecule has 0 aliphatic carbocycles. The zero-order valence-corrected chi connectivity index (χ0v) is 16.2. The molecular formula is C18H20BrN3O4. The third-order valence-corrected chi connectivity index (χ3v) is 4.58. The number of likely N-dealkylation sites (tertiary alicyclic amines) is 1. The van der Waals surface area contributed by atoms with Crippen molar-refractivity contribution in [2.75, 3.05) is 27.3 Å². The molecule has 1 fully saturated rings. The van der Waals surface area contributed by atoms with Crippen molar-refractivity contribution in [3.05, 3.63) is 40.6 Å². The third-order valence-electron chi connectivity index (χ3n) is 4.17. The van der Waals surface area contributed by atoms with Gasteiger partial charge >= 0.3 is 6.01 Å². The van der Waals surface area contributed by atoms with Gasteiger partial charge in [0.25, 0.3) is 5.91 Å². The number of benzene rings is 1. The SMILES string of the molecule is COc1ccc(C(=O)N2CCCC(Oc3ncc(Br)cn3)C2)c(OC)c1. The highest BCUT2D eigenvalue weighted by Gasteiger charge is 2.28. The van der Waals surface area contributed by atoms with Crippen LogP contribution >= 0.6 is 15.9 Å². The zero-order valence-electron chi connectivity index (χ0n) is 14.6. The number of hydrogen-bond acceptors (Lipinski definition) is 6. The van der Waals surface area contributed by atoms with E-state index in [0.29, 0.717) is 36.2 Å². The van der Waals surface area contributed by atoms with Crippen LogP contribution in [0.15, 0.2) is 35.1 Å². The smallest absolute Gasteiger partial charge is 0.316 e. The Morgan fingerprint density at radius 3 is 2.69 bits per heavy atom. The van der Waals surface area contributed by atoms with Crippen LogP contribution in [0, 0.1) is 0 Å². The van der Waals surface area contributed by atoms with E-state index in [1.165, 1.54) is 0 Å². The fourth-order valence-corrected chi connectivity index (χ4v) is 3.08. The predicted molar refractivity (Wildman–Crippen MR) is 98.8 cm³/mol. The van der Waals surface area contributed by atoms with Gasteiger partial charge in [-0.05, 0) is 40.9 Å². The molecule has 0 saturated carbocycles. The third kappa shape index (κ3) is 4.24. The summed E-state index contributed by atoms with van der Waals surface area (Å²) in [7, 11) is 3.12. The summed E-state index contributed by atoms with van der Waals surface area (Å²) in [5, 5.41) is 0. The van der Waals surface area contributed by atoms with E-state index in [2.05, 4.69) is 25.9 Å². The van der Waals surface area contributed by atoms with E-state index in [1.807, 2.05) is 0 Å². The molecule has 138 valence electrons. The van der Waals surface area contributed by atoms with E-state index < -0.39 is 0 Å². The Balaban J connectivity index is 1.70.